The Morgan fingerprint density at radius 1 is 0.523 bits per heavy atom. The van der Waals surface area contributed by atoms with Crippen LogP contribution in [0.3, 0.4) is 0 Å². The number of hydrogen-bond acceptors (Lipinski definition) is 7. The van der Waals surface area contributed by atoms with Gasteiger partial charge in [-0.15, -0.1) is 5.11 Å². The Bertz CT molecular complexity index is 1770. The summed E-state index contributed by atoms with van der Waals surface area (Å²) in [6.45, 7) is 10.5. The number of aryl methyl sites for hydroxylation is 2. The van der Waals surface area contributed by atoms with Crippen molar-refractivity contribution in [2.75, 3.05) is 18.0 Å². The van der Waals surface area contributed by atoms with Gasteiger partial charge in [-0.2, -0.15) is 25.6 Å². The molecule has 0 aliphatic heterocycles. The first-order valence-electron chi connectivity index (χ1n) is 15.4. The molecule has 5 rings (SSSR count). The highest BCUT2D eigenvalue weighted by Gasteiger charge is 2.10. The summed E-state index contributed by atoms with van der Waals surface area (Å²) >= 11 is 0. The minimum absolute atomic E-state index is 0.743. The van der Waals surface area contributed by atoms with Gasteiger partial charge in [0.1, 0.15) is 0 Å². The Balaban J connectivity index is 1.24. The Morgan fingerprint density at radius 2 is 1.05 bits per heavy atom. The fourth-order valence-corrected chi connectivity index (χ4v) is 5.04. The lowest BCUT2D eigenvalue weighted by Crippen LogP contribution is -2.21. The predicted octanol–water partition coefficient (Wildman–Crippen LogP) is 12.6. The minimum Gasteiger partial charge on any atom is -0.372 e. The molecule has 7 nitrogen and oxygen atoms in total. The maximum absolute atomic E-state index is 4.61. The standard InChI is InChI=1S/C37H39N7/c1-5-8-11-28-14-16-29(17-15-28)38-39-30-18-20-31(21-19-30)40-42-35-23-22-32(26-27(35)4)41-43-36-24-25-37(44(6-2)7-3)34-13-10-9-12-33(34)36/h9-10,12-26H,5-8,11H2,1-4H3. The molecule has 0 radical (unpaired) electrons. The number of benzene rings is 5. The van der Waals surface area contributed by atoms with E-state index in [2.05, 4.69) is 92.8 Å². The van der Waals surface area contributed by atoms with Crippen LogP contribution < -0.4 is 4.90 Å². The summed E-state index contributed by atoms with van der Waals surface area (Å²) in [5.41, 5.74) is 8.27. The van der Waals surface area contributed by atoms with E-state index >= 15 is 0 Å². The highest BCUT2D eigenvalue weighted by molar-refractivity contribution is 6.01. The van der Waals surface area contributed by atoms with Crippen molar-refractivity contribution >= 4 is 50.6 Å². The fourth-order valence-electron chi connectivity index (χ4n) is 5.04. The molecule has 0 aliphatic carbocycles. The van der Waals surface area contributed by atoms with E-state index in [4.69, 9.17) is 0 Å². The molecule has 44 heavy (non-hydrogen) atoms. The SMILES string of the molecule is CCCCc1ccc(N=Nc2ccc(N=Nc3ccc(N=Nc4ccc(N(CC)CC)c5ccccc45)cc3C)cc2)cc1. The summed E-state index contributed by atoms with van der Waals surface area (Å²) in [7, 11) is 0. The molecule has 0 bridgehead atoms. The Hall–Kier alpha value is -5.04. The van der Waals surface area contributed by atoms with E-state index in [1.165, 1.54) is 29.5 Å². The van der Waals surface area contributed by atoms with Crippen LogP contribution >= 0.6 is 0 Å². The van der Waals surface area contributed by atoms with Crippen LogP contribution in [0.25, 0.3) is 10.8 Å². The highest BCUT2D eigenvalue weighted by atomic mass is 15.1. The van der Waals surface area contributed by atoms with E-state index in [-0.39, 0.29) is 0 Å². The van der Waals surface area contributed by atoms with E-state index in [0.29, 0.717) is 0 Å². The van der Waals surface area contributed by atoms with E-state index in [9.17, 15) is 0 Å². The maximum atomic E-state index is 4.61. The normalized spacial score (nSPS) is 11.8. The summed E-state index contributed by atoms with van der Waals surface area (Å²) in [6, 6.07) is 34.2. The van der Waals surface area contributed by atoms with Crippen LogP contribution in [0.1, 0.15) is 44.7 Å². The monoisotopic (exact) mass is 581 g/mol. The van der Waals surface area contributed by atoms with Crippen molar-refractivity contribution in [1.82, 2.24) is 0 Å². The van der Waals surface area contributed by atoms with Crippen LogP contribution in [-0.2, 0) is 6.42 Å². The van der Waals surface area contributed by atoms with Gasteiger partial charge in [0.15, 0.2) is 0 Å². The second kappa shape index (κ2) is 14.9. The molecule has 0 heterocycles. The summed E-state index contributed by atoms with van der Waals surface area (Å²) in [5, 5.41) is 29.0. The Kier molecular flexibility index (Phi) is 10.3. The topological polar surface area (TPSA) is 77.4 Å². The molecule has 5 aromatic carbocycles. The van der Waals surface area contributed by atoms with E-state index in [1.54, 1.807) is 0 Å². The van der Waals surface area contributed by atoms with Crippen molar-refractivity contribution in [3.05, 3.63) is 114 Å². The van der Waals surface area contributed by atoms with Crippen molar-refractivity contribution in [3.63, 3.8) is 0 Å². The molecule has 222 valence electrons. The second-order valence-electron chi connectivity index (χ2n) is 10.7. The van der Waals surface area contributed by atoms with Crippen molar-refractivity contribution in [1.29, 1.82) is 0 Å². The van der Waals surface area contributed by atoms with E-state index in [0.717, 1.165) is 64.6 Å². The first kappa shape index (κ1) is 30.4. The number of anilines is 1. The van der Waals surface area contributed by atoms with Gasteiger partial charge in [0, 0.05) is 29.5 Å². The molecule has 0 atom stereocenters. The molecular weight excluding hydrogens is 542 g/mol. The lowest BCUT2D eigenvalue weighted by atomic mass is 10.1. The minimum atomic E-state index is 0.743. The molecule has 0 fully saturated rings. The van der Waals surface area contributed by atoms with Gasteiger partial charge in [0.2, 0.25) is 0 Å². The van der Waals surface area contributed by atoms with Crippen LogP contribution in [0.5, 0.6) is 0 Å². The van der Waals surface area contributed by atoms with Gasteiger partial charge in [-0.3, -0.25) is 0 Å². The fraction of sp³-hybridized carbons (Fsp3) is 0.243. The molecule has 0 aliphatic rings. The average Bonchev–Trinajstić information content (AvgIpc) is 3.07. The smallest absolute Gasteiger partial charge is 0.0936 e. The molecule has 7 heteroatoms. The van der Waals surface area contributed by atoms with Gasteiger partial charge >= 0.3 is 0 Å². The molecule has 5 aromatic rings. The first-order chi connectivity index (χ1) is 21.6. The zero-order chi connectivity index (χ0) is 30.7. The third-order valence-corrected chi connectivity index (χ3v) is 7.59. The van der Waals surface area contributed by atoms with Gasteiger partial charge in [-0.25, -0.2) is 0 Å². The molecule has 0 aromatic heterocycles. The van der Waals surface area contributed by atoms with Crippen LogP contribution in [0, 0.1) is 6.92 Å². The van der Waals surface area contributed by atoms with Crippen LogP contribution in [0.2, 0.25) is 0 Å². The first-order valence-corrected chi connectivity index (χ1v) is 15.4. The van der Waals surface area contributed by atoms with Gasteiger partial charge in [-0.05, 0) is 111 Å². The molecular formula is C37H39N7. The van der Waals surface area contributed by atoms with Gasteiger partial charge in [0.05, 0.1) is 34.1 Å². The molecule has 0 amide bonds. The zero-order valence-electron chi connectivity index (χ0n) is 26.0. The van der Waals surface area contributed by atoms with Gasteiger partial charge < -0.3 is 4.90 Å². The number of unbranched alkanes of at least 4 members (excludes halogenated alkanes) is 1. The third kappa shape index (κ3) is 7.67. The van der Waals surface area contributed by atoms with Crippen molar-refractivity contribution in [2.45, 2.75) is 47.0 Å². The van der Waals surface area contributed by atoms with E-state index < -0.39 is 0 Å². The summed E-state index contributed by atoms with van der Waals surface area (Å²) in [4.78, 5) is 2.36. The number of hydrogen-bond donors (Lipinski definition) is 0. The predicted molar refractivity (Wildman–Crippen MR) is 183 cm³/mol. The van der Waals surface area contributed by atoms with Crippen LogP contribution in [0.15, 0.2) is 134 Å². The van der Waals surface area contributed by atoms with Crippen LogP contribution in [-0.4, -0.2) is 13.1 Å². The van der Waals surface area contributed by atoms with Gasteiger partial charge in [-0.1, -0.05) is 49.7 Å². The zero-order valence-corrected chi connectivity index (χ0v) is 26.0. The molecule has 0 unspecified atom stereocenters. The number of azo groups is 3. The largest absolute Gasteiger partial charge is 0.372 e. The maximum Gasteiger partial charge on any atom is 0.0936 e. The molecule has 0 saturated heterocycles. The number of rotatable bonds is 12. The Morgan fingerprint density at radius 3 is 1.66 bits per heavy atom. The van der Waals surface area contributed by atoms with Gasteiger partial charge in [0.25, 0.3) is 0 Å². The molecule has 0 N–H and O–H groups in total. The average molecular weight is 582 g/mol. The van der Waals surface area contributed by atoms with Crippen molar-refractivity contribution < 1.29 is 0 Å². The lowest BCUT2D eigenvalue weighted by molar-refractivity contribution is 0.795. The number of fused-ring (bicyclic) bond motifs is 1. The second-order valence-corrected chi connectivity index (χ2v) is 10.7. The number of nitrogens with zero attached hydrogens (tertiary/aromatic N) is 7. The third-order valence-electron chi connectivity index (χ3n) is 7.59. The quantitative estimate of drug-likeness (QED) is 0.135. The van der Waals surface area contributed by atoms with Crippen molar-refractivity contribution in [2.24, 2.45) is 30.7 Å². The van der Waals surface area contributed by atoms with E-state index in [1.807, 2.05) is 73.7 Å². The highest BCUT2D eigenvalue weighted by Crippen LogP contribution is 2.35. The Labute approximate surface area is 260 Å². The summed E-state index contributed by atoms with van der Waals surface area (Å²) in [6.07, 6.45) is 3.50. The summed E-state index contributed by atoms with van der Waals surface area (Å²) in [5.74, 6) is 0. The van der Waals surface area contributed by atoms with Crippen molar-refractivity contribution in [3.8, 4) is 0 Å². The summed E-state index contributed by atoms with van der Waals surface area (Å²) < 4.78 is 0. The molecule has 0 saturated carbocycles. The lowest BCUT2D eigenvalue weighted by Gasteiger charge is -2.23. The van der Waals surface area contributed by atoms with Crippen LogP contribution in [0.4, 0.5) is 39.8 Å². The molecule has 0 spiro atoms.